The molecule has 0 amide bonds. The molecule has 5 N–H and O–H groups in total. The lowest BCUT2D eigenvalue weighted by Gasteiger charge is -2.26. The first-order chi connectivity index (χ1) is 27.7. The summed E-state index contributed by atoms with van der Waals surface area (Å²) in [5.41, 5.74) is 5.19. The Morgan fingerprint density at radius 1 is 1.03 bits per heavy atom. The van der Waals surface area contributed by atoms with E-state index in [0.717, 1.165) is 50.5 Å². The van der Waals surface area contributed by atoms with E-state index in [1.54, 1.807) is 18.2 Å². The Kier molecular flexibility index (Phi) is 17.9. The van der Waals surface area contributed by atoms with Gasteiger partial charge in [-0.05, 0) is 80.7 Å². The number of allylic oxidation sites excluding steroid dienone is 4. The van der Waals surface area contributed by atoms with E-state index >= 15 is 0 Å². The van der Waals surface area contributed by atoms with Crippen molar-refractivity contribution in [2.45, 2.75) is 147 Å². The van der Waals surface area contributed by atoms with Gasteiger partial charge in [0.15, 0.2) is 5.82 Å². The Bertz CT molecular complexity index is 1890. The summed E-state index contributed by atoms with van der Waals surface area (Å²) < 4.78 is 38.8. The number of fused-ring (bicyclic) bond motifs is 1. The van der Waals surface area contributed by atoms with Crippen LogP contribution in [-0.2, 0) is 34.4 Å². The molecular formula is C43H63N6O8P. The Balaban J connectivity index is 1.29. The number of benzene rings is 1. The van der Waals surface area contributed by atoms with E-state index in [1.807, 2.05) is 18.2 Å². The van der Waals surface area contributed by atoms with Gasteiger partial charge in [0.1, 0.15) is 48.0 Å². The minimum atomic E-state index is -4.40. The number of hydrogen-bond donors (Lipinski definition) is 4. The van der Waals surface area contributed by atoms with E-state index in [0.29, 0.717) is 11.9 Å². The average Bonchev–Trinajstić information content (AvgIpc) is 3.74. The summed E-state index contributed by atoms with van der Waals surface area (Å²) in [6.07, 6.45) is 18.6. The van der Waals surface area contributed by atoms with Crippen LogP contribution in [0.1, 0.15) is 123 Å². The number of aliphatic hydroxyl groups excluding tert-OH is 2. The fourth-order valence-electron chi connectivity index (χ4n) is 6.64. The Morgan fingerprint density at radius 2 is 1.69 bits per heavy atom. The number of esters is 1. The second-order valence-electron chi connectivity index (χ2n) is 15.9. The van der Waals surface area contributed by atoms with Crippen LogP contribution in [0.25, 0.3) is 5.52 Å². The highest BCUT2D eigenvalue weighted by molar-refractivity contribution is 7.52. The molecular weight excluding hydrogens is 759 g/mol. The van der Waals surface area contributed by atoms with Crippen LogP contribution < -0.4 is 15.3 Å². The molecule has 1 fully saturated rings. The van der Waals surface area contributed by atoms with Crippen molar-refractivity contribution in [2.24, 2.45) is 0 Å². The van der Waals surface area contributed by atoms with Crippen molar-refractivity contribution in [3.63, 3.8) is 0 Å². The third-order valence-electron chi connectivity index (χ3n) is 10.1. The molecule has 58 heavy (non-hydrogen) atoms. The number of aliphatic hydroxyl groups is 2. The molecule has 0 aliphatic carbocycles. The maximum absolute atomic E-state index is 14.4. The normalized spacial score (nSPS) is 21.4. The maximum atomic E-state index is 14.4. The third kappa shape index (κ3) is 13.0. The number of carbonyl (C=O) groups excluding carboxylic acids is 1. The number of anilines is 1. The molecule has 0 saturated carbocycles. The molecule has 15 heteroatoms. The first kappa shape index (κ1) is 46.6. The number of hydrogen-bond acceptors (Lipinski definition) is 12. The zero-order valence-corrected chi connectivity index (χ0v) is 35.6. The summed E-state index contributed by atoms with van der Waals surface area (Å²) in [5.74, 6) is -0.311. The minimum Gasteiger partial charge on any atom is -0.465 e. The van der Waals surface area contributed by atoms with Crippen LogP contribution in [0.2, 0.25) is 0 Å². The van der Waals surface area contributed by atoms with Gasteiger partial charge < -0.3 is 29.9 Å². The quantitative estimate of drug-likeness (QED) is 0.0293. The zero-order chi connectivity index (χ0) is 42.2. The standard InChI is InChI=1S/C43H63N6O8P/c1-6-7-8-9-10-11-12-13-14-15-16-17-18-19-20-21-28-54-41(52)32(2)48-58(53,57-34-24-22-33(23-25-34)42(3,4)5)55-29-36-38(50)39(51)43(30-44,56-36)37-27-26-35-40(45)46-31-47-49(35)37/h10-11,13-14,22-27,31-32,36,38-39,50-51H,6-9,12,15-21,28-29H2,1-5H3,(H,48,53)(H2,45,46,47)/b11-10-,14-13-/t32-,36+,38+,39+,43-,58+/m0/s1. The van der Waals surface area contributed by atoms with E-state index in [9.17, 15) is 24.8 Å². The number of carbonyl (C=O) groups is 1. The maximum Gasteiger partial charge on any atom is 0.459 e. The minimum absolute atomic E-state index is 0.0980. The van der Waals surface area contributed by atoms with Gasteiger partial charge in [-0.25, -0.2) is 14.1 Å². The highest BCUT2D eigenvalue weighted by Crippen LogP contribution is 2.47. The first-order valence-corrected chi connectivity index (χ1v) is 22.1. The predicted molar refractivity (Wildman–Crippen MR) is 224 cm³/mol. The second kappa shape index (κ2) is 22.3. The van der Waals surface area contributed by atoms with E-state index in [-0.39, 0.29) is 29.3 Å². The fourth-order valence-corrected chi connectivity index (χ4v) is 8.15. The van der Waals surface area contributed by atoms with E-state index in [1.165, 1.54) is 49.5 Å². The first-order valence-electron chi connectivity index (χ1n) is 20.6. The smallest absolute Gasteiger partial charge is 0.459 e. The van der Waals surface area contributed by atoms with Crippen LogP contribution in [-0.4, -0.2) is 68.3 Å². The zero-order valence-electron chi connectivity index (χ0n) is 34.7. The van der Waals surface area contributed by atoms with Crippen molar-refractivity contribution >= 4 is 25.1 Å². The number of nitrogens with one attached hydrogen (secondary N) is 1. The molecule has 1 aliphatic rings. The summed E-state index contributed by atoms with van der Waals surface area (Å²) >= 11 is 0. The van der Waals surface area contributed by atoms with Gasteiger partial charge in [-0.3, -0.25) is 9.32 Å². The molecule has 0 bridgehead atoms. The van der Waals surface area contributed by atoms with Crippen molar-refractivity contribution in [2.75, 3.05) is 18.9 Å². The van der Waals surface area contributed by atoms with Crippen molar-refractivity contribution in [3.8, 4) is 11.8 Å². The van der Waals surface area contributed by atoms with Crippen molar-refractivity contribution in [3.05, 3.63) is 78.3 Å². The van der Waals surface area contributed by atoms with Gasteiger partial charge in [0.2, 0.25) is 5.60 Å². The summed E-state index contributed by atoms with van der Waals surface area (Å²) in [5, 5.41) is 39.4. The van der Waals surface area contributed by atoms with Crippen molar-refractivity contribution in [1.82, 2.24) is 19.7 Å². The van der Waals surface area contributed by atoms with Crippen LogP contribution in [0.3, 0.4) is 0 Å². The van der Waals surface area contributed by atoms with Crippen LogP contribution in [0.15, 0.2) is 67.0 Å². The Hall–Kier alpha value is -4.09. The molecule has 318 valence electrons. The van der Waals surface area contributed by atoms with E-state index in [4.69, 9.17) is 24.3 Å². The van der Waals surface area contributed by atoms with Gasteiger partial charge >= 0.3 is 13.7 Å². The SMILES string of the molecule is CCCCC/C=C\C/C=C\CCCCCCCCOC(=O)[C@H](C)N[P@@](=O)(OC[C@H]1O[C@@](C#N)(c2ccc3c(N)ncnn23)[C@H](O)[C@@H]1O)Oc1ccc(C(C)(C)C)cc1. The molecule has 0 radical (unpaired) electrons. The van der Waals surface area contributed by atoms with Crippen molar-refractivity contribution in [1.29, 1.82) is 5.26 Å². The second-order valence-corrected chi connectivity index (χ2v) is 17.6. The highest BCUT2D eigenvalue weighted by atomic mass is 31.2. The summed E-state index contributed by atoms with van der Waals surface area (Å²) in [6, 6.07) is 10.9. The molecule has 2 aromatic heterocycles. The van der Waals surface area contributed by atoms with Gasteiger partial charge in [0.25, 0.3) is 0 Å². The molecule has 1 aliphatic heterocycles. The topological polar surface area (TPSA) is 204 Å². The number of aromatic nitrogens is 3. The lowest BCUT2D eigenvalue weighted by molar-refractivity contribution is -0.145. The molecule has 1 aromatic carbocycles. The molecule has 6 atom stereocenters. The van der Waals surface area contributed by atoms with Gasteiger partial charge in [-0.15, -0.1) is 0 Å². The number of nitriles is 1. The van der Waals surface area contributed by atoms with Gasteiger partial charge in [-0.2, -0.15) is 15.4 Å². The number of nitrogens with zero attached hydrogens (tertiary/aromatic N) is 4. The van der Waals surface area contributed by atoms with Crippen LogP contribution in [0.5, 0.6) is 5.75 Å². The number of nitrogen functional groups attached to an aromatic ring is 1. The van der Waals surface area contributed by atoms with Gasteiger partial charge in [0.05, 0.1) is 18.9 Å². The Labute approximate surface area is 343 Å². The number of nitrogens with two attached hydrogens (primary N) is 1. The predicted octanol–water partition coefficient (Wildman–Crippen LogP) is 7.99. The summed E-state index contributed by atoms with van der Waals surface area (Å²) in [6.45, 7) is 9.50. The molecule has 0 unspecified atom stereocenters. The Morgan fingerprint density at radius 3 is 2.34 bits per heavy atom. The van der Waals surface area contributed by atoms with Crippen molar-refractivity contribution < 1.29 is 38.1 Å². The number of ether oxygens (including phenoxy) is 2. The molecule has 14 nitrogen and oxygen atoms in total. The monoisotopic (exact) mass is 822 g/mol. The molecule has 1 saturated heterocycles. The van der Waals surface area contributed by atoms with Crippen LogP contribution in [0, 0.1) is 11.3 Å². The number of unbranched alkanes of at least 4 members (excludes halogenated alkanes) is 9. The van der Waals surface area contributed by atoms with E-state index in [2.05, 4.69) is 67.2 Å². The summed E-state index contributed by atoms with van der Waals surface area (Å²) in [4.78, 5) is 17.0. The lowest BCUT2D eigenvalue weighted by atomic mass is 9.87. The summed E-state index contributed by atoms with van der Waals surface area (Å²) in [7, 11) is -4.40. The average molecular weight is 823 g/mol. The van der Waals surface area contributed by atoms with Crippen LogP contribution >= 0.6 is 7.75 Å². The van der Waals surface area contributed by atoms with Crippen LogP contribution in [0.4, 0.5) is 5.82 Å². The molecule has 4 rings (SSSR count). The third-order valence-corrected chi connectivity index (χ3v) is 11.8. The molecule has 0 spiro atoms. The highest BCUT2D eigenvalue weighted by Gasteiger charge is 2.58. The lowest BCUT2D eigenvalue weighted by Crippen LogP contribution is -2.41. The van der Waals surface area contributed by atoms with Gasteiger partial charge in [0, 0.05) is 0 Å². The molecule has 3 aromatic rings. The largest absolute Gasteiger partial charge is 0.465 e. The molecule has 3 heterocycles. The number of rotatable bonds is 24. The fraction of sp³-hybridized carbons (Fsp3) is 0.581. The van der Waals surface area contributed by atoms with Gasteiger partial charge in [-0.1, -0.05) is 103 Å². The van der Waals surface area contributed by atoms with E-state index < -0.39 is 50.3 Å².